The van der Waals surface area contributed by atoms with E-state index in [0.717, 1.165) is 0 Å². The van der Waals surface area contributed by atoms with Gasteiger partial charge in [0, 0.05) is 12.7 Å². The molecule has 0 unspecified atom stereocenters. The van der Waals surface area contributed by atoms with Crippen molar-refractivity contribution in [2.45, 2.75) is 40.0 Å². The summed E-state index contributed by atoms with van der Waals surface area (Å²) >= 11 is 0. The van der Waals surface area contributed by atoms with Gasteiger partial charge in [-0.25, -0.2) is 0 Å². The van der Waals surface area contributed by atoms with Crippen molar-refractivity contribution in [3.8, 4) is 0 Å². The molecule has 0 aromatic carbocycles. The third-order valence-corrected chi connectivity index (χ3v) is 2.57. The highest BCUT2D eigenvalue weighted by molar-refractivity contribution is 5.27. The van der Waals surface area contributed by atoms with Gasteiger partial charge in [0.2, 0.25) is 0 Å². The molecule has 0 spiro atoms. The van der Waals surface area contributed by atoms with Gasteiger partial charge in [-0.05, 0) is 38.2 Å². The Bertz CT molecular complexity index is 247. The summed E-state index contributed by atoms with van der Waals surface area (Å²) in [6.07, 6.45) is 5.16. The maximum absolute atomic E-state index is 4.41. The van der Waals surface area contributed by atoms with Crippen LogP contribution in [-0.2, 0) is 19.9 Å². The minimum Gasteiger partial charge on any atom is -0.272 e. The molecule has 0 atom stereocenters. The first-order valence-corrected chi connectivity index (χ1v) is 4.30. The number of aryl methyl sites for hydroxylation is 2. The largest absolute Gasteiger partial charge is 0.272 e. The van der Waals surface area contributed by atoms with Crippen LogP contribution < -0.4 is 0 Å². The first-order chi connectivity index (χ1) is 5.29. The van der Waals surface area contributed by atoms with Crippen molar-refractivity contribution >= 4 is 0 Å². The molecule has 1 heterocycles. The first kappa shape index (κ1) is 9.30. The molecular weight excluding hydrogens is 148 g/mol. The van der Waals surface area contributed by atoms with Crippen LogP contribution in [0.2, 0.25) is 0 Å². The highest BCUT2D eigenvalue weighted by Gasteiger charge is 2.15. The lowest BCUT2D eigenvalue weighted by molar-refractivity contribution is 0.626. The molecule has 0 aliphatic heterocycles. The van der Waals surface area contributed by atoms with Crippen molar-refractivity contribution in [3.05, 3.63) is 17.0 Å². The quantitative estimate of drug-likeness (QED) is 0.578. The minimum atomic E-state index is 0. The lowest BCUT2D eigenvalue weighted by atomic mass is 9.96. The van der Waals surface area contributed by atoms with E-state index < -0.39 is 0 Å². The summed E-state index contributed by atoms with van der Waals surface area (Å²) in [4.78, 5) is 0. The Morgan fingerprint density at radius 1 is 1.25 bits per heavy atom. The van der Waals surface area contributed by atoms with Crippen molar-refractivity contribution in [2.24, 2.45) is 7.05 Å². The van der Waals surface area contributed by atoms with Crippen molar-refractivity contribution < 1.29 is 0 Å². The van der Waals surface area contributed by atoms with Crippen LogP contribution in [0.3, 0.4) is 0 Å². The topological polar surface area (TPSA) is 17.8 Å². The molecule has 0 saturated heterocycles. The minimum absolute atomic E-state index is 0. The molecule has 2 heteroatoms. The van der Waals surface area contributed by atoms with Crippen molar-refractivity contribution in [3.63, 3.8) is 0 Å². The number of rotatable bonds is 0. The predicted molar refractivity (Wildman–Crippen MR) is 51.3 cm³/mol. The van der Waals surface area contributed by atoms with E-state index in [1.54, 1.807) is 0 Å². The molecule has 0 bridgehead atoms. The molecule has 0 saturated carbocycles. The van der Waals surface area contributed by atoms with Gasteiger partial charge >= 0.3 is 0 Å². The summed E-state index contributed by atoms with van der Waals surface area (Å²) < 4.78 is 2.05. The number of nitrogens with zero attached hydrogens (tertiary/aromatic N) is 2. The summed E-state index contributed by atoms with van der Waals surface area (Å²) in [5.74, 6) is 0. The fourth-order valence-corrected chi connectivity index (χ4v) is 1.98. The van der Waals surface area contributed by atoms with Crippen LogP contribution in [0.25, 0.3) is 0 Å². The molecule has 1 aromatic rings. The molecule has 1 aliphatic rings. The predicted octanol–water partition coefficient (Wildman–Crippen LogP) is 2.24. The second-order valence-corrected chi connectivity index (χ2v) is 3.34. The van der Waals surface area contributed by atoms with Crippen molar-refractivity contribution in [1.82, 2.24) is 9.78 Å². The molecule has 0 amide bonds. The van der Waals surface area contributed by atoms with E-state index in [2.05, 4.69) is 19.1 Å². The van der Waals surface area contributed by atoms with Crippen LogP contribution in [0.1, 0.15) is 37.2 Å². The Balaban J connectivity index is 0.000000720. The van der Waals surface area contributed by atoms with E-state index in [4.69, 9.17) is 0 Å². The number of aromatic nitrogens is 2. The Kier molecular flexibility index (Phi) is 2.55. The molecule has 68 valence electrons. The van der Waals surface area contributed by atoms with Gasteiger partial charge in [0.1, 0.15) is 0 Å². The zero-order valence-electron chi connectivity index (χ0n) is 7.22. The summed E-state index contributed by atoms with van der Waals surface area (Å²) in [7, 11) is 2.05. The molecule has 0 fully saturated rings. The van der Waals surface area contributed by atoms with Gasteiger partial charge in [0.05, 0.1) is 5.69 Å². The smallest absolute Gasteiger partial charge is 0.0628 e. The highest BCUT2D eigenvalue weighted by atomic mass is 15.3. The van der Waals surface area contributed by atoms with Gasteiger partial charge in [-0.1, -0.05) is 7.43 Å². The molecule has 0 radical (unpaired) electrons. The molecule has 1 aliphatic carbocycles. The average Bonchev–Trinajstić information content (AvgIpc) is 2.30. The highest BCUT2D eigenvalue weighted by Crippen LogP contribution is 2.22. The Morgan fingerprint density at radius 2 is 1.92 bits per heavy atom. The van der Waals surface area contributed by atoms with E-state index in [1.165, 1.54) is 42.6 Å². The SMILES string of the molecule is C.Cc1nn(C)c2c1CCCC2. The number of hydrogen-bond acceptors (Lipinski definition) is 1. The van der Waals surface area contributed by atoms with Crippen LogP contribution >= 0.6 is 0 Å². The second-order valence-electron chi connectivity index (χ2n) is 3.34. The zero-order valence-corrected chi connectivity index (χ0v) is 7.22. The summed E-state index contributed by atoms with van der Waals surface area (Å²) in [6, 6.07) is 0. The standard InChI is InChI=1S/C9H14N2.CH4/c1-7-8-5-3-4-6-9(8)11(2)10-7;/h3-6H2,1-2H3;1H4. The van der Waals surface area contributed by atoms with E-state index >= 15 is 0 Å². The lowest BCUT2D eigenvalue weighted by Crippen LogP contribution is -2.05. The Labute approximate surface area is 74.6 Å². The second kappa shape index (κ2) is 3.30. The Hall–Kier alpha value is -0.790. The maximum Gasteiger partial charge on any atom is 0.0628 e. The van der Waals surface area contributed by atoms with Gasteiger partial charge in [-0.2, -0.15) is 5.10 Å². The molecule has 12 heavy (non-hydrogen) atoms. The van der Waals surface area contributed by atoms with Gasteiger partial charge in [-0.3, -0.25) is 4.68 Å². The fourth-order valence-electron chi connectivity index (χ4n) is 1.98. The van der Waals surface area contributed by atoms with Crippen LogP contribution in [0, 0.1) is 6.92 Å². The normalized spacial score (nSPS) is 15.2. The van der Waals surface area contributed by atoms with E-state index in [0.29, 0.717) is 0 Å². The third kappa shape index (κ3) is 1.26. The molecule has 1 aromatic heterocycles. The summed E-state index contributed by atoms with van der Waals surface area (Å²) in [6.45, 7) is 2.12. The van der Waals surface area contributed by atoms with Crippen LogP contribution in [0.5, 0.6) is 0 Å². The van der Waals surface area contributed by atoms with E-state index in [1.807, 2.05) is 4.68 Å². The van der Waals surface area contributed by atoms with Crippen LogP contribution in [-0.4, -0.2) is 9.78 Å². The van der Waals surface area contributed by atoms with Crippen LogP contribution in [0.15, 0.2) is 0 Å². The van der Waals surface area contributed by atoms with Gasteiger partial charge in [-0.15, -0.1) is 0 Å². The Morgan fingerprint density at radius 3 is 2.58 bits per heavy atom. The van der Waals surface area contributed by atoms with Gasteiger partial charge in [0.15, 0.2) is 0 Å². The molecular formula is C10H18N2. The number of hydrogen-bond donors (Lipinski definition) is 0. The average molecular weight is 166 g/mol. The summed E-state index contributed by atoms with van der Waals surface area (Å²) in [5.41, 5.74) is 4.22. The summed E-state index contributed by atoms with van der Waals surface area (Å²) in [5, 5.41) is 4.41. The van der Waals surface area contributed by atoms with Crippen LogP contribution in [0.4, 0.5) is 0 Å². The fraction of sp³-hybridized carbons (Fsp3) is 0.700. The molecule has 2 nitrogen and oxygen atoms in total. The zero-order chi connectivity index (χ0) is 7.84. The van der Waals surface area contributed by atoms with E-state index in [-0.39, 0.29) is 7.43 Å². The van der Waals surface area contributed by atoms with Gasteiger partial charge in [0.25, 0.3) is 0 Å². The first-order valence-electron chi connectivity index (χ1n) is 4.30. The third-order valence-electron chi connectivity index (χ3n) is 2.57. The maximum atomic E-state index is 4.41. The molecule has 0 N–H and O–H groups in total. The van der Waals surface area contributed by atoms with Crippen molar-refractivity contribution in [2.75, 3.05) is 0 Å². The van der Waals surface area contributed by atoms with Crippen molar-refractivity contribution in [1.29, 1.82) is 0 Å². The number of fused-ring (bicyclic) bond motifs is 1. The van der Waals surface area contributed by atoms with E-state index in [9.17, 15) is 0 Å². The van der Waals surface area contributed by atoms with Gasteiger partial charge < -0.3 is 0 Å². The lowest BCUT2D eigenvalue weighted by Gasteiger charge is -2.11. The monoisotopic (exact) mass is 166 g/mol. The molecule has 2 rings (SSSR count).